The Kier molecular flexibility index (Phi) is 2.62. The predicted octanol–water partition coefficient (Wildman–Crippen LogP) is -0.409. The second kappa shape index (κ2) is 3.85. The highest BCUT2D eigenvalue weighted by atomic mass is 16.2. The van der Waals surface area contributed by atoms with E-state index in [1.54, 1.807) is 6.07 Å². The van der Waals surface area contributed by atoms with Crippen LogP contribution in [0.25, 0.3) is 5.65 Å². The van der Waals surface area contributed by atoms with Crippen LogP contribution in [0.1, 0.15) is 13.8 Å². The summed E-state index contributed by atoms with van der Waals surface area (Å²) < 4.78 is 1.23. The molecule has 92 valence electrons. The molecule has 7 nitrogen and oxygen atoms in total. The van der Waals surface area contributed by atoms with Gasteiger partial charge in [-0.05, 0) is 26.0 Å². The molecule has 2 rings (SSSR count). The second-order valence-corrected chi connectivity index (χ2v) is 4.57. The van der Waals surface area contributed by atoms with Gasteiger partial charge in [-0.1, -0.05) is 0 Å². The number of hydrogen-bond donors (Lipinski definition) is 2. The Morgan fingerprint density at radius 3 is 2.88 bits per heavy atom. The molecule has 0 aliphatic rings. The van der Waals surface area contributed by atoms with Crippen molar-refractivity contribution in [3.63, 3.8) is 0 Å². The lowest BCUT2D eigenvalue weighted by molar-refractivity contribution is 0.492. The molecule has 0 saturated carbocycles. The van der Waals surface area contributed by atoms with Gasteiger partial charge in [0, 0.05) is 19.1 Å². The Balaban J connectivity index is 2.49. The fraction of sp³-hybridized carbons (Fsp3) is 0.500. The zero-order valence-corrected chi connectivity index (χ0v) is 10.1. The molecule has 17 heavy (non-hydrogen) atoms. The Hall–Kier alpha value is -1.89. The Morgan fingerprint density at radius 2 is 2.24 bits per heavy atom. The molecule has 0 aliphatic heterocycles. The van der Waals surface area contributed by atoms with Crippen LogP contribution in [0, 0.1) is 0 Å². The van der Waals surface area contributed by atoms with E-state index in [-0.39, 0.29) is 11.2 Å². The van der Waals surface area contributed by atoms with Crippen LogP contribution in [0.4, 0.5) is 5.82 Å². The largest absolute Gasteiger partial charge is 0.364 e. The fourth-order valence-electron chi connectivity index (χ4n) is 1.42. The summed E-state index contributed by atoms with van der Waals surface area (Å²) in [7, 11) is 1.89. The monoisotopic (exact) mass is 236 g/mol. The maximum Gasteiger partial charge on any atom is 0.364 e. The maximum atomic E-state index is 11.4. The van der Waals surface area contributed by atoms with Crippen molar-refractivity contribution in [2.24, 2.45) is 5.73 Å². The van der Waals surface area contributed by atoms with Crippen molar-refractivity contribution in [2.45, 2.75) is 19.4 Å². The van der Waals surface area contributed by atoms with Crippen LogP contribution >= 0.6 is 0 Å². The third kappa shape index (κ3) is 1.89. The van der Waals surface area contributed by atoms with Crippen LogP contribution in [-0.4, -0.2) is 38.9 Å². The number of fused-ring (bicyclic) bond motifs is 1. The first-order valence-electron chi connectivity index (χ1n) is 5.34. The van der Waals surface area contributed by atoms with E-state index in [4.69, 9.17) is 5.73 Å². The van der Waals surface area contributed by atoms with E-state index in [0.29, 0.717) is 18.0 Å². The minimum absolute atomic E-state index is 0.228. The number of aromatic nitrogens is 4. The lowest BCUT2D eigenvalue weighted by atomic mass is 10.0. The van der Waals surface area contributed by atoms with Crippen molar-refractivity contribution < 1.29 is 0 Å². The van der Waals surface area contributed by atoms with E-state index in [1.165, 1.54) is 4.52 Å². The molecule has 0 aliphatic carbocycles. The summed E-state index contributed by atoms with van der Waals surface area (Å²) in [4.78, 5) is 13.3. The van der Waals surface area contributed by atoms with Crippen molar-refractivity contribution >= 4 is 11.5 Å². The number of nitrogens with one attached hydrogen (secondary N) is 1. The van der Waals surface area contributed by atoms with Gasteiger partial charge in [0.1, 0.15) is 5.82 Å². The minimum atomic E-state index is -0.346. The molecular formula is C10H16N6O. The van der Waals surface area contributed by atoms with Gasteiger partial charge in [-0.2, -0.15) is 9.61 Å². The van der Waals surface area contributed by atoms with E-state index < -0.39 is 0 Å². The van der Waals surface area contributed by atoms with Gasteiger partial charge in [0.25, 0.3) is 0 Å². The number of likely N-dealkylation sites (N-methyl/N-ethyl adjacent to an activating group) is 1. The molecule has 3 N–H and O–H groups in total. The first-order valence-corrected chi connectivity index (χ1v) is 5.34. The smallest absolute Gasteiger partial charge is 0.352 e. The molecule has 0 spiro atoms. The zero-order valence-electron chi connectivity index (χ0n) is 10.1. The molecule has 2 heterocycles. The van der Waals surface area contributed by atoms with Gasteiger partial charge in [-0.15, -0.1) is 5.10 Å². The molecule has 2 aromatic heterocycles. The van der Waals surface area contributed by atoms with Crippen molar-refractivity contribution in [3.05, 3.63) is 22.6 Å². The predicted molar refractivity (Wildman–Crippen MR) is 65.1 cm³/mol. The summed E-state index contributed by atoms with van der Waals surface area (Å²) in [6, 6.07) is 3.55. The van der Waals surface area contributed by atoms with Gasteiger partial charge in [-0.3, -0.25) is 0 Å². The quantitative estimate of drug-likeness (QED) is 0.756. The van der Waals surface area contributed by atoms with Crippen molar-refractivity contribution in [1.29, 1.82) is 0 Å². The lowest BCUT2D eigenvalue weighted by Gasteiger charge is -2.35. The van der Waals surface area contributed by atoms with Gasteiger partial charge >= 0.3 is 5.69 Å². The first-order chi connectivity index (χ1) is 7.95. The molecule has 0 unspecified atom stereocenters. The number of rotatable bonds is 3. The topological polar surface area (TPSA) is 92.3 Å². The summed E-state index contributed by atoms with van der Waals surface area (Å²) >= 11 is 0. The SMILES string of the molecule is CN(c1ccc2n[nH]c(=O)n2n1)C(C)(C)CN. The van der Waals surface area contributed by atoms with Crippen molar-refractivity contribution in [2.75, 3.05) is 18.5 Å². The molecule has 2 aromatic rings. The standard InChI is InChI=1S/C10H16N6O/c1-10(2,6-11)15(3)8-5-4-7-12-13-9(17)16(7)14-8/h4-5H,6,11H2,1-3H3,(H,13,17). The third-order valence-corrected chi connectivity index (χ3v) is 3.01. The van der Waals surface area contributed by atoms with Crippen LogP contribution < -0.4 is 16.3 Å². The molecule has 7 heteroatoms. The highest BCUT2D eigenvalue weighted by molar-refractivity contribution is 5.46. The van der Waals surface area contributed by atoms with Gasteiger partial charge in [0.2, 0.25) is 0 Å². The van der Waals surface area contributed by atoms with E-state index in [2.05, 4.69) is 15.3 Å². The van der Waals surface area contributed by atoms with E-state index in [1.807, 2.05) is 31.9 Å². The van der Waals surface area contributed by atoms with Gasteiger partial charge in [0.15, 0.2) is 5.65 Å². The molecule has 0 radical (unpaired) electrons. The molecular weight excluding hydrogens is 220 g/mol. The Morgan fingerprint density at radius 1 is 1.53 bits per heavy atom. The summed E-state index contributed by atoms with van der Waals surface area (Å²) in [5.74, 6) is 0.677. The average molecular weight is 236 g/mol. The Labute approximate surface area is 98.2 Å². The maximum absolute atomic E-state index is 11.4. The summed E-state index contributed by atoms with van der Waals surface area (Å²) in [5.41, 5.74) is 5.63. The van der Waals surface area contributed by atoms with E-state index in [9.17, 15) is 4.79 Å². The number of anilines is 1. The molecule has 0 amide bonds. The molecule has 0 fully saturated rings. The summed E-state index contributed by atoms with van der Waals surface area (Å²) in [6.45, 7) is 4.51. The lowest BCUT2D eigenvalue weighted by Crippen LogP contribution is -2.47. The first kappa shape index (κ1) is 11.6. The highest BCUT2D eigenvalue weighted by Crippen LogP contribution is 2.18. The average Bonchev–Trinajstić information content (AvgIpc) is 2.69. The number of aromatic amines is 1. The molecule has 0 aromatic carbocycles. The summed E-state index contributed by atoms with van der Waals surface area (Å²) in [5, 5.41) is 10.4. The van der Waals surface area contributed by atoms with E-state index in [0.717, 1.165) is 0 Å². The normalized spacial score (nSPS) is 12.0. The second-order valence-electron chi connectivity index (χ2n) is 4.57. The highest BCUT2D eigenvalue weighted by Gasteiger charge is 2.23. The van der Waals surface area contributed by atoms with Crippen LogP contribution in [0.2, 0.25) is 0 Å². The van der Waals surface area contributed by atoms with Crippen molar-refractivity contribution in [1.82, 2.24) is 19.8 Å². The number of hydrogen-bond acceptors (Lipinski definition) is 5. The summed E-state index contributed by atoms with van der Waals surface area (Å²) in [6.07, 6.45) is 0. The molecule has 0 saturated heterocycles. The van der Waals surface area contributed by atoms with Crippen LogP contribution in [0.15, 0.2) is 16.9 Å². The van der Waals surface area contributed by atoms with Gasteiger partial charge in [-0.25, -0.2) is 9.89 Å². The van der Waals surface area contributed by atoms with Gasteiger partial charge < -0.3 is 10.6 Å². The van der Waals surface area contributed by atoms with E-state index >= 15 is 0 Å². The molecule has 0 atom stereocenters. The van der Waals surface area contributed by atoms with Crippen LogP contribution in [-0.2, 0) is 0 Å². The number of nitrogens with zero attached hydrogens (tertiary/aromatic N) is 4. The zero-order chi connectivity index (χ0) is 12.6. The Bertz CT molecular complexity index is 584. The number of H-pyrrole nitrogens is 1. The van der Waals surface area contributed by atoms with Crippen molar-refractivity contribution in [3.8, 4) is 0 Å². The third-order valence-electron chi connectivity index (χ3n) is 3.01. The molecule has 0 bridgehead atoms. The number of nitrogens with two attached hydrogens (primary N) is 1. The van der Waals surface area contributed by atoms with Gasteiger partial charge in [0.05, 0.1) is 0 Å². The van der Waals surface area contributed by atoms with Crippen LogP contribution in [0.5, 0.6) is 0 Å². The fourth-order valence-corrected chi connectivity index (χ4v) is 1.42. The van der Waals surface area contributed by atoms with Crippen LogP contribution in [0.3, 0.4) is 0 Å². The minimum Gasteiger partial charge on any atom is -0.352 e.